The monoisotopic (exact) mass is 244 g/mol. The number of hydrogen-bond acceptors (Lipinski definition) is 2. The summed E-state index contributed by atoms with van der Waals surface area (Å²) < 4.78 is 1.81. The molecule has 1 fully saturated rings. The lowest BCUT2D eigenvalue weighted by Gasteiger charge is -2.24. The minimum atomic E-state index is -0.691. The van der Waals surface area contributed by atoms with E-state index in [9.17, 15) is 9.90 Å². The van der Waals surface area contributed by atoms with Crippen LogP contribution < -0.4 is 0 Å². The Morgan fingerprint density at radius 3 is 2.78 bits per heavy atom. The molecule has 1 aliphatic carbocycles. The first-order valence-corrected chi connectivity index (χ1v) is 6.29. The molecule has 1 heterocycles. The minimum Gasteiger partial charge on any atom is -0.481 e. The van der Waals surface area contributed by atoms with E-state index in [0.717, 1.165) is 42.1 Å². The number of aryl methyl sites for hydroxylation is 1. The van der Waals surface area contributed by atoms with Crippen molar-refractivity contribution in [3.63, 3.8) is 0 Å². The number of carboxylic acid groups (broad SMARTS) is 1. The first-order valence-electron chi connectivity index (χ1n) is 6.29. The Kier molecular flexibility index (Phi) is 2.40. The Hall–Kier alpha value is -1.84. The summed E-state index contributed by atoms with van der Waals surface area (Å²) in [6.45, 7) is 0. The van der Waals surface area contributed by atoms with Gasteiger partial charge < -0.3 is 5.11 Å². The smallest absolute Gasteiger partial charge is 0.314 e. The van der Waals surface area contributed by atoms with Crippen molar-refractivity contribution in [3.8, 4) is 0 Å². The summed E-state index contributed by atoms with van der Waals surface area (Å²) in [5.41, 5.74) is 1.29. The van der Waals surface area contributed by atoms with Gasteiger partial charge in [0.15, 0.2) is 0 Å². The van der Waals surface area contributed by atoms with Gasteiger partial charge in [0.2, 0.25) is 0 Å². The topological polar surface area (TPSA) is 55.1 Å². The quantitative estimate of drug-likeness (QED) is 0.882. The molecule has 0 atom stereocenters. The molecule has 4 nitrogen and oxygen atoms in total. The Morgan fingerprint density at radius 1 is 1.39 bits per heavy atom. The van der Waals surface area contributed by atoms with E-state index in [2.05, 4.69) is 5.10 Å². The zero-order valence-corrected chi connectivity index (χ0v) is 10.4. The molecule has 94 valence electrons. The molecule has 0 spiro atoms. The summed E-state index contributed by atoms with van der Waals surface area (Å²) in [4.78, 5) is 11.6. The van der Waals surface area contributed by atoms with Gasteiger partial charge >= 0.3 is 5.97 Å². The van der Waals surface area contributed by atoms with Crippen molar-refractivity contribution < 1.29 is 9.90 Å². The molecule has 1 aromatic carbocycles. The van der Waals surface area contributed by atoms with Gasteiger partial charge in [0.1, 0.15) is 0 Å². The maximum Gasteiger partial charge on any atom is 0.314 e. The van der Waals surface area contributed by atoms with Crippen LogP contribution in [0.3, 0.4) is 0 Å². The lowest BCUT2D eigenvalue weighted by atomic mass is 9.78. The molecule has 1 aromatic heterocycles. The average Bonchev–Trinajstić information content (AvgIpc) is 2.97. The lowest BCUT2D eigenvalue weighted by molar-refractivity contribution is -0.143. The van der Waals surface area contributed by atoms with Crippen molar-refractivity contribution in [2.24, 2.45) is 7.05 Å². The van der Waals surface area contributed by atoms with Crippen molar-refractivity contribution >= 4 is 16.9 Å². The van der Waals surface area contributed by atoms with E-state index in [0.29, 0.717) is 0 Å². The molecule has 0 radical (unpaired) electrons. The largest absolute Gasteiger partial charge is 0.481 e. The molecule has 0 saturated heterocycles. The molecule has 1 saturated carbocycles. The third kappa shape index (κ3) is 1.45. The van der Waals surface area contributed by atoms with Crippen molar-refractivity contribution in [2.75, 3.05) is 0 Å². The van der Waals surface area contributed by atoms with Gasteiger partial charge in [0, 0.05) is 12.4 Å². The zero-order valence-electron chi connectivity index (χ0n) is 10.4. The molecular formula is C14H16N2O2. The van der Waals surface area contributed by atoms with E-state index < -0.39 is 11.4 Å². The molecule has 3 rings (SSSR count). The average molecular weight is 244 g/mol. The van der Waals surface area contributed by atoms with E-state index in [1.54, 1.807) is 10.9 Å². The Labute approximate surface area is 105 Å². The van der Waals surface area contributed by atoms with Gasteiger partial charge in [-0.15, -0.1) is 0 Å². The van der Waals surface area contributed by atoms with Gasteiger partial charge in [-0.2, -0.15) is 5.10 Å². The third-order valence-corrected chi connectivity index (χ3v) is 4.17. The molecule has 2 aromatic rings. The van der Waals surface area contributed by atoms with Crippen LogP contribution in [-0.2, 0) is 17.3 Å². The number of benzene rings is 1. The maximum absolute atomic E-state index is 11.6. The van der Waals surface area contributed by atoms with E-state index in [-0.39, 0.29) is 0 Å². The number of carboxylic acids is 1. The second-order valence-corrected chi connectivity index (χ2v) is 5.14. The van der Waals surface area contributed by atoms with Crippen LogP contribution in [0.25, 0.3) is 10.9 Å². The molecular weight excluding hydrogens is 228 g/mol. The van der Waals surface area contributed by atoms with Crippen molar-refractivity contribution in [1.29, 1.82) is 0 Å². The molecule has 1 N–H and O–H groups in total. The number of nitrogens with zero attached hydrogens (tertiary/aromatic N) is 2. The fourth-order valence-electron chi connectivity index (χ4n) is 3.07. The number of aliphatic carboxylic acids is 1. The molecule has 4 heteroatoms. The third-order valence-electron chi connectivity index (χ3n) is 4.17. The predicted molar refractivity (Wildman–Crippen MR) is 68.5 cm³/mol. The van der Waals surface area contributed by atoms with Crippen molar-refractivity contribution in [2.45, 2.75) is 31.1 Å². The van der Waals surface area contributed by atoms with E-state index >= 15 is 0 Å². The van der Waals surface area contributed by atoms with E-state index in [1.807, 2.05) is 25.2 Å². The second kappa shape index (κ2) is 3.83. The molecule has 0 aliphatic heterocycles. The number of carbonyl (C=O) groups is 1. The van der Waals surface area contributed by atoms with Gasteiger partial charge in [-0.3, -0.25) is 9.48 Å². The number of hydrogen-bond donors (Lipinski definition) is 1. The van der Waals surface area contributed by atoms with E-state index in [4.69, 9.17) is 0 Å². The fourth-order valence-corrected chi connectivity index (χ4v) is 3.07. The van der Waals surface area contributed by atoms with Gasteiger partial charge in [-0.1, -0.05) is 18.9 Å². The highest BCUT2D eigenvalue weighted by Gasteiger charge is 2.42. The van der Waals surface area contributed by atoms with Crippen molar-refractivity contribution in [1.82, 2.24) is 9.78 Å². The van der Waals surface area contributed by atoms with Gasteiger partial charge in [0.05, 0.1) is 17.1 Å². The first kappa shape index (κ1) is 11.3. The van der Waals surface area contributed by atoms with Crippen LogP contribution in [0.15, 0.2) is 24.4 Å². The maximum atomic E-state index is 11.6. The predicted octanol–water partition coefficient (Wildman–Crippen LogP) is 2.47. The minimum absolute atomic E-state index is 0.677. The number of aromatic nitrogens is 2. The zero-order chi connectivity index (χ0) is 12.8. The highest BCUT2D eigenvalue weighted by Crippen LogP contribution is 2.42. The van der Waals surface area contributed by atoms with Crippen LogP contribution in [0.5, 0.6) is 0 Å². The molecule has 18 heavy (non-hydrogen) atoms. The summed E-state index contributed by atoms with van der Waals surface area (Å²) >= 11 is 0. The van der Waals surface area contributed by atoms with Crippen LogP contribution in [0, 0.1) is 0 Å². The molecule has 0 unspecified atom stereocenters. The normalized spacial score (nSPS) is 18.3. The number of rotatable bonds is 2. The Balaban J connectivity index is 2.15. The second-order valence-electron chi connectivity index (χ2n) is 5.14. The fraction of sp³-hybridized carbons (Fsp3) is 0.429. The molecule has 0 amide bonds. The van der Waals surface area contributed by atoms with Gasteiger partial charge in [0.25, 0.3) is 0 Å². The highest BCUT2D eigenvalue weighted by molar-refractivity contribution is 5.86. The highest BCUT2D eigenvalue weighted by atomic mass is 16.4. The van der Waals surface area contributed by atoms with Crippen molar-refractivity contribution in [3.05, 3.63) is 30.0 Å². The Bertz CT molecular complexity index is 609. The van der Waals surface area contributed by atoms with Crippen LogP contribution in [0.4, 0.5) is 0 Å². The summed E-state index contributed by atoms with van der Waals surface area (Å²) in [5, 5.41) is 14.8. The number of fused-ring (bicyclic) bond motifs is 1. The Morgan fingerprint density at radius 2 is 2.11 bits per heavy atom. The van der Waals surface area contributed by atoms with Crippen LogP contribution >= 0.6 is 0 Å². The standard InChI is InChI=1S/C14H16N2O2/c1-16-12-5-4-11(8-10(12)9-15-16)14(13(17)18)6-2-3-7-14/h4-5,8-9H,2-3,6-7H2,1H3,(H,17,18). The van der Waals surface area contributed by atoms with E-state index in [1.165, 1.54) is 0 Å². The van der Waals surface area contributed by atoms with Gasteiger partial charge in [-0.25, -0.2) is 0 Å². The van der Waals surface area contributed by atoms with Crippen LogP contribution in [0.2, 0.25) is 0 Å². The molecule has 0 bridgehead atoms. The molecule has 1 aliphatic rings. The first-order chi connectivity index (χ1) is 8.63. The SMILES string of the molecule is Cn1ncc2cc(C3(C(=O)O)CCCC3)ccc21. The lowest BCUT2D eigenvalue weighted by Crippen LogP contribution is -2.32. The van der Waals surface area contributed by atoms with Crippen LogP contribution in [0.1, 0.15) is 31.2 Å². The summed E-state index contributed by atoms with van der Waals surface area (Å²) in [5.74, 6) is -0.691. The van der Waals surface area contributed by atoms with Crippen LogP contribution in [-0.4, -0.2) is 20.9 Å². The summed E-state index contributed by atoms with van der Waals surface area (Å²) in [6, 6.07) is 5.91. The summed E-state index contributed by atoms with van der Waals surface area (Å²) in [7, 11) is 1.89. The van der Waals surface area contributed by atoms with Gasteiger partial charge in [-0.05, 0) is 30.5 Å². The summed E-state index contributed by atoms with van der Waals surface area (Å²) in [6.07, 6.45) is 5.28.